The second kappa shape index (κ2) is 9.96. The van der Waals surface area contributed by atoms with Crippen molar-refractivity contribution in [2.45, 2.75) is 58.8 Å². The fourth-order valence-corrected chi connectivity index (χ4v) is 6.03. The summed E-state index contributed by atoms with van der Waals surface area (Å²) in [5.74, 6) is -0.103. The normalized spacial score (nSPS) is 16.8. The van der Waals surface area contributed by atoms with Crippen LogP contribution in [0.1, 0.15) is 60.0 Å². The SMILES string of the molecule is CCC(NC(=O)C1CCN(S(=O)(=O)Cc2ccccc2C)CC1)c1ccc(C)cc1C. The van der Waals surface area contributed by atoms with E-state index in [2.05, 4.69) is 44.3 Å². The Hall–Kier alpha value is -2.18. The van der Waals surface area contributed by atoms with Gasteiger partial charge in [-0.05, 0) is 62.3 Å². The van der Waals surface area contributed by atoms with Gasteiger partial charge in [0.1, 0.15) is 0 Å². The summed E-state index contributed by atoms with van der Waals surface area (Å²) in [7, 11) is -3.39. The summed E-state index contributed by atoms with van der Waals surface area (Å²) in [4.78, 5) is 12.9. The van der Waals surface area contributed by atoms with Crippen LogP contribution in [0.15, 0.2) is 42.5 Å². The van der Waals surface area contributed by atoms with E-state index in [4.69, 9.17) is 0 Å². The van der Waals surface area contributed by atoms with E-state index < -0.39 is 10.0 Å². The first-order valence-corrected chi connectivity index (χ1v) is 12.7. The zero-order valence-electron chi connectivity index (χ0n) is 19.0. The van der Waals surface area contributed by atoms with Gasteiger partial charge in [0.2, 0.25) is 15.9 Å². The Bertz CT molecular complexity index is 1020. The Morgan fingerprint density at radius 3 is 2.35 bits per heavy atom. The zero-order chi connectivity index (χ0) is 22.6. The van der Waals surface area contributed by atoms with Gasteiger partial charge in [-0.1, -0.05) is 55.0 Å². The maximum absolute atomic E-state index is 12.9. The van der Waals surface area contributed by atoms with Crippen molar-refractivity contribution in [3.8, 4) is 0 Å². The average molecular weight is 443 g/mol. The molecule has 31 heavy (non-hydrogen) atoms. The van der Waals surface area contributed by atoms with Crippen LogP contribution in [0.4, 0.5) is 0 Å². The molecule has 1 amide bonds. The number of nitrogens with one attached hydrogen (secondary N) is 1. The Balaban J connectivity index is 1.59. The molecule has 168 valence electrons. The summed E-state index contributed by atoms with van der Waals surface area (Å²) in [5.41, 5.74) is 5.37. The highest BCUT2D eigenvalue weighted by Crippen LogP contribution is 2.26. The van der Waals surface area contributed by atoms with Gasteiger partial charge in [0, 0.05) is 19.0 Å². The van der Waals surface area contributed by atoms with Crippen LogP contribution in [0.3, 0.4) is 0 Å². The number of carbonyl (C=O) groups is 1. The molecule has 6 heteroatoms. The van der Waals surface area contributed by atoms with Crippen molar-refractivity contribution in [2.24, 2.45) is 5.92 Å². The number of carbonyl (C=O) groups excluding carboxylic acids is 1. The van der Waals surface area contributed by atoms with Gasteiger partial charge >= 0.3 is 0 Å². The lowest BCUT2D eigenvalue weighted by atomic mass is 9.94. The molecule has 1 N–H and O–H groups in total. The van der Waals surface area contributed by atoms with Gasteiger partial charge in [0.25, 0.3) is 0 Å². The minimum atomic E-state index is -3.39. The van der Waals surface area contributed by atoms with E-state index in [9.17, 15) is 13.2 Å². The van der Waals surface area contributed by atoms with Crippen molar-refractivity contribution in [1.82, 2.24) is 9.62 Å². The molecule has 0 bridgehead atoms. The van der Waals surface area contributed by atoms with E-state index in [1.54, 1.807) is 4.31 Å². The van der Waals surface area contributed by atoms with E-state index in [0.29, 0.717) is 25.9 Å². The van der Waals surface area contributed by atoms with Gasteiger partial charge in [-0.2, -0.15) is 0 Å². The highest BCUT2D eigenvalue weighted by molar-refractivity contribution is 7.88. The summed E-state index contributed by atoms with van der Waals surface area (Å²) in [6.07, 6.45) is 1.93. The number of rotatable bonds is 7. The molecular weight excluding hydrogens is 408 g/mol. The fraction of sp³-hybridized carbons (Fsp3) is 0.480. The highest BCUT2D eigenvalue weighted by atomic mass is 32.2. The Kier molecular flexibility index (Phi) is 7.55. The van der Waals surface area contributed by atoms with Crippen molar-refractivity contribution in [3.05, 3.63) is 70.3 Å². The third kappa shape index (κ3) is 5.74. The number of nitrogens with zero attached hydrogens (tertiary/aromatic N) is 1. The van der Waals surface area contributed by atoms with Crippen LogP contribution in [0.2, 0.25) is 0 Å². The van der Waals surface area contributed by atoms with E-state index in [0.717, 1.165) is 23.1 Å². The molecule has 2 aromatic carbocycles. The van der Waals surface area contributed by atoms with Gasteiger partial charge in [0.15, 0.2) is 0 Å². The molecule has 1 aliphatic rings. The number of sulfonamides is 1. The standard InChI is InChI=1S/C25H34N2O3S/c1-5-24(23-11-10-18(2)16-20(23)4)26-25(28)21-12-14-27(15-13-21)31(29,30)17-22-9-7-6-8-19(22)3/h6-11,16,21,24H,5,12-15,17H2,1-4H3,(H,26,28). The summed E-state index contributed by atoms with van der Waals surface area (Å²) >= 11 is 0. The van der Waals surface area contributed by atoms with E-state index in [1.807, 2.05) is 31.2 Å². The lowest BCUT2D eigenvalue weighted by Crippen LogP contribution is -2.44. The topological polar surface area (TPSA) is 66.5 Å². The molecule has 0 saturated carbocycles. The van der Waals surface area contributed by atoms with Crippen LogP contribution in [0.25, 0.3) is 0 Å². The van der Waals surface area contributed by atoms with E-state index in [1.165, 1.54) is 11.1 Å². The smallest absolute Gasteiger partial charge is 0.223 e. The number of aryl methyl sites for hydroxylation is 3. The van der Waals surface area contributed by atoms with Crippen LogP contribution < -0.4 is 5.32 Å². The van der Waals surface area contributed by atoms with Crippen LogP contribution in [-0.4, -0.2) is 31.7 Å². The fourth-order valence-electron chi connectivity index (χ4n) is 4.36. The largest absolute Gasteiger partial charge is 0.349 e. The summed E-state index contributed by atoms with van der Waals surface area (Å²) < 4.78 is 27.3. The molecule has 1 aliphatic heterocycles. The number of benzene rings is 2. The van der Waals surface area contributed by atoms with E-state index >= 15 is 0 Å². The quantitative estimate of drug-likeness (QED) is 0.690. The van der Waals surface area contributed by atoms with E-state index in [-0.39, 0.29) is 23.6 Å². The molecule has 1 saturated heterocycles. The molecule has 1 atom stereocenters. The van der Waals surface area contributed by atoms with Crippen molar-refractivity contribution < 1.29 is 13.2 Å². The second-order valence-electron chi connectivity index (χ2n) is 8.69. The second-order valence-corrected chi connectivity index (χ2v) is 10.7. The van der Waals surface area contributed by atoms with Crippen molar-refractivity contribution >= 4 is 15.9 Å². The lowest BCUT2D eigenvalue weighted by Gasteiger charge is -2.32. The summed E-state index contributed by atoms with van der Waals surface area (Å²) in [6.45, 7) is 8.94. The first-order chi connectivity index (χ1) is 14.7. The number of amides is 1. The van der Waals surface area contributed by atoms with Gasteiger partial charge < -0.3 is 5.32 Å². The third-order valence-corrected chi connectivity index (χ3v) is 8.17. The molecule has 1 unspecified atom stereocenters. The Morgan fingerprint density at radius 1 is 1.06 bits per heavy atom. The van der Waals surface area contributed by atoms with Gasteiger partial charge in [-0.25, -0.2) is 12.7 Å². The molecule has 0 aromatic heterocycles. The molecule has 0 radical (unpaired) electrons. The van der Waals surface area contributed by atoms with Gasteiger partial charge in [-0.3, -0.25) is 4.79 Å². The molecule has 3 rings (SSSR count). The zero-order valence-corrected chi connectivity index (χ0v) is 19.8. The number of piperidine rings is 1. The third-order valence-electron chi connectivity index (χ3n) is 6.34. The van der Waals surface area contributed by atoms with Gasteiger partial charge in [0.05, 0.1) is 11.8 Å². The van der Waals surface area contributed by atoms with Crippen LogP contribution >= 0.6 is 0 Å². The predicted molar refractivity (Wildman–Crippen MR) is 125 cm³/mol. The maximum Gasteiger partial charge on any atom is 0.223 e. The van der Waals surface area contributed by atoms with Crippen LogP contribution in [0.5, 0.6) is 0 Å². The maximum atomic E-state index is 12.9. The van der Waals surface area contributed by atoms with Crippen molar-refractivity contribution in [3.63, 3.8) is 0 Å². The number of hydrogen-bond acceptors (Lipinski definition) is 3. The molecule has 5 nitrogen and oxygen atoms in total. The van der Waals surface area contributed by atoms with Crippen LogP contribution in [0, 0.1) is 26.7 Å². The number of hydrogen-bond donors (Lipinski definition) is 1. The Morgan fingerprint density at radius 2 is 1.74 bits per heavy atom. The molecule has 2 aromatic rings. The molecule has 1 heterocycles. The van der Waals surface area contributed by atoms with Crippen molar-refractivity contribution in [2.75, 3.05) is 13.1 Å². The minimum absolute atomic E-state index is 0.0150. The molecular formula is C25H34N2O3S. The minimum Gasteiger partial charge on any atom is -0.349 e. The summed E-state index contributed by atoms with van der Waals surface area (Å²) in [5, 5.41) is 3.21. The average Bonchev–Trinajstić information content (AvgIpc) is 2.74. The lowest BCUT2D eigenvalue weighted by molar-refractivity contribution is -0.126. The van der Waals surface area contributed by atoms with Crippen LogP contribution in [-0.2, 0) is 20.6 Å². The molecule has 1 fully saturated rings. The molecule has 0 spiro atoms. The Labute approximate surface area is 186 Å². The van der Waals surface area contributed by atoms with Crippen molar-refractivity contribution in [1.29, 1.82) is 0 Å². The monoisotopic (exact) mass is 442 g/mol. The highest BCUT2D eigenvalue weighted by Gasteiger charge is 2.32. The first-order valence-electron chi connectivity index (χ1n) is 11.1. The molecule has 0 aliphatic carbocycles. The van der Waals surface area contributed by atoms with Gasteiger partial charge in [-0.15, -0.1) is 0 Å². The predicted octanol–water partition coefficient (Wildman–Crippen LogP) is 4.42. The summed E-state index contributed by atoms with van der Waals surface area (Å²) in [6, 6.07) is 13.9. The first kappa shape index (κ1) is 23.5.